The average molecular weight is 654 g/mol. The summed E-state index contributed by atoms with van der Waals surface area (Å²) in [6.07, 6.45) is -8.37. The van der Waals surface area contributed by atoms with Gasteiger partial charge in [-0.25, -0.2) is 19.4 Å². The van der Waals surface area contributed by atoms with Gasteiger partial charge in [0.2, 0.25) is 0 Å². The van der Waals surface area contributed by atoms with Gasteiger partial charge in [-0.2, -0.15) is 26.3 Å². The summed E-state index contributed by atoms with van der Waals surface area (Å²) < 4.78 is 63.5. The first-order chi connectivity index (χ1) is 20.9. The summed E-state index contributed by atoms with van der Waals surface area (Å²) in [5.41, 5.74) is 3.13. The predicted octanol–water partition coefficient (Wildman–Crippen LogP) is 1.97. The highest BCUT2D eigenvalue weighted by Gasteiger charge is 2.39. The Balaban J connectivity index is 0.000000421. The van der Waals surface area contributed by atoms with Gasteiger partial charge in [0.25, 0.3) is 5.91 Å². The summed E-state index contributed by atoms with van der Waals surface area (Å²) >= 11 is 0. The number of fused-ring (bicyclic) bond motifs is 1. The Hall–Kier alpha value is -4.65. The Kier molecular flexibility index (Phi) is 12.9. The highest BCUT2D eigenvalue weighted by molar-refractivity contribution is 5.94. The maximum atomic E-state index is 12.4. The van der Waals surface area contributed by atoms with Crippen LogP contribution in [-0.4, -0.2) is 111 Å². The molecule has 1 aliphatic carbocycles. The second-order valence-corrected chi connectivity index (χ2v) is 9.71. The molecule has 2 amide bonds. The summed E-state index contributed by atoms with van der Waals surface area (Å²) in [5, 5.41) is 42.6. The third-order valence-electron chi connectivity index (χ3n) is 6.20. The van der Waals surface area contributed by atoms with Crippen molar-refractivity contribution in [1.29, 1.82) is 0 Å². The van der Waals surface area contributed by atoms with Crippen molar-refractivity contribution in [3.63, 3.8) is 0 Å². The number of halogens is 6. The first kappa shape index (κ1) is 36.5. The summed E-state index contributed by atoms with van der Waals surface area (Å²) in [5.74, 6) is -5.29. The lowest BCUT2D eigenvalue weighted by Gasteiger charge is -2.37. The van der Waals surface area contributed by atoms with Crippen molar-refractivity contribution >= 4 is 29.8 Å². The minimum absolute atomic E-state index is 0.0171. The molecule has 1 fully saturated rings. The number of carboxylic acids is 2. The number of aliphatic hydroxyl groups is 1. The molecule has 0 spiro atoms. The summed E-state index contributed by atoms with van der Waals surface area (Å²) in [6.45, 7) is 1.33. The molecule has 0 radical (unpaired) electrons. The molecule has 1 unspecified atom stereocenters. The molecule has 248 valence electrons. The van der Waals surface area contributed by atoms with E-state index in [4.69, 9.17) is 24.9 Å². The maximum Gasteiger partial charge on any atom is 0.490 e. The Bertz CT molecular complexity index is 1290. The van der Waals surface area contributed by atoms with Gasteiger partial charge in [0.15, 0.2) is 0 Å². The summed E-state index contributed by atoms with van der Waals surface area (Å²) in [4.78, 5) is 46.5. The molecule has 2 aromatic rings. The Morgan fingerprint density at radius 3 is 1.84 bits per heavy atom. The molecular weight excluding hydrogens is 624 g/mol. The van der Waals surface area contributed by atoms with Gasteiger partial charge in [0.05, 0.1) is 12.1 Å². The normalized spacial score (nSPS) is 15.2. The number of carbonyl (C=O) groups is 4. The molecule has 1 atom stereocenters. The van der Waals surface area contributed by atoms with Crippen LogP contribution in [0, 0.1) is 0 Å². The number of aliphatic carboxylic acids is 2. The van der Waals surface area contributed by atoms with Crippen molar-refractivity contribution in [2.75, 3.05) is 31.5 Å². The number of nitrogens with one attached hydrogen (secondary N) is 3. The maximum absolute atomic E-state index is 12.4. The van der Waals surface area contributed by atoms with Crippen molar-refractivity contribution in [3.05, 3.63) is 59.3 Å². The van der Waals surface area contributed by atoms with E-state index in [1.54, 1.807) is 12.1 Å². The van der Waals surface area contributed by atoms with Crippen LogP contribution in [0.15, 0.2) is 42.6 Å². The number of pyridine rings is 1. The minimum Gasteiger partial charge on any atom is -0.475 e. The molecule has 2 heterocycles. The number of amides is 2. The molecule has 4 rings (SSSR count). The lowest BCUT2D eigenvalue weighted by atomic mass is 10.1. The molecular formula is C26H29F6N5O8. The van der Waals surface area contributed by atoms with Crippen LogP contribution in [0.25, 0.3) is 0 Å². The van der Waals surface area contributed by atoms with E-state index in [2.05, 4.69) is 33.1 Å². The minimum atomic E-state index is -5.08. The van der Waals surface area contributed by atoms with Gasteiger partial charge in [-0.3, -0.25) is 4.79 Å². The number of hydrogen-bond acceptors (Lipinski definition) is 8. The van der Waals surface area contributed by atoms with Crippen molar-refractivity contribution in [2.45, 2.75) is 43.4 Å². The van der Waals surface area contributed by atoms with Gasteiger partial charge < -0.3 is 41.3 Å². The zero-order valence-corrected chi connectivity index (χ0v) is 23.1. The number of benzene rings is 1. The smallest absolute Gasteiger partial charge is 0.475 e. The number of carbonyl (C=O) groups excluding carboxylic acids is 1. The molecule has 2 aliphatic rings. The molecule has 1 aromatic carbocycles. The zero-order chi connectivity index (χ0) is 33.9. The van der Waals surface area contributed by atoms with Gasteiger partial charge in [-0.05, 0) is 36.1 Å². The van der Waals surface area contributed by atoms with Crippen molar-refractivity contribution in [1.82, 2.24) is 20.5 Å². The van der Waals surface area contributed by atoms with E-state index in [0.29, 0.717) is 37.1 Å². The number of carboxylic acid groups (broad SMARTS) is 3. The topological polar surface area (TPSA) is 201 Å². The number of aromatic nitrogens is 1. The molecule has 1 aliphatic heterocycles. The summed E-state index contributed by atoms with van der Waals surface area (Å²) in [7, 11) is 0. The first-order valence-electron chi connectivity index (χ1n) is 12.9. The van der Waals surface area contributed by atoms with Crippen LogP contribution >= 0.6 is 0 Å². The van der Waals surface area contributed by atoms with E-state index in [1.165, 1.54) is 22.2 Å². The van der Waals surface area contributed by atoms with Gasteiger partial charge >= 0.3 is 30.4 Å². The molecule has 19 heteroatoms. The van der Waals surface area contributed by atoms with Crippen LogP contribution < -0.4 is 16.0 Å². The molecule has 0 saturated carbocycles. The fourth-order valence-electron chi connectivity index (χ4n) is 3.98. The number of alkyl halides is 6. The first-order valence-corrected chi connectivity index (χ1v) is 12.9. The van der Waals surface area contributed by atoms with E-state index in [-0.39, 0.29) is 18.5 Å². The van der Waals surface area contributed by atoms with Gasteiger partial charge in [-0.1, -0.05) is 24.3 Å². The van der Waals surface area contributed by atoms with Gasteiger partial charge in [0.1, 0.15) is 5.82 Å². The molecule has 13 nitrogen and oxygen atoms in total. The average Bonchev–Trinajstić information content (AvgIpc) is 3.35. The van der Waals surface area contributed by atoms with Crippen molar-refractivity contribution < 1.29 is 65.9 Å². The highest BCUT2D eigenvalue weighted by Crippen LogP contribution is 2.21. The Morgan fingerprint density at radius 2 is 1.38 bits per heavy atom. The lowest BCUT2D eigenvalue weighted by Crippen LogP contribution is -2.56. The number of likely N-dealkylation sites (tertiary alicyclic amines) is 1. The zero-order valence-electron chi connectivity index (χ0n) is 23.1. The largest absolute Gasteiger partial charge is 0.490 e. The summed E-state index contributed by atoms with van der Waals surface area (Å²) in [6, 6.07) is 11.9. The van der Waals surface area contributed by atoms with Crippen LogP contribution in [0.5, 0.6) is 0 Å². The molecule has 7 N–H and O–H groups in total. The fraction of sp³-hybridized carbons (Fsp3) is 0.423. The lowest BCUT2D eigenvalue weighted by molar-refractivity contribution is -0.193. The van der Waals surface area contributed by atoms with E-state index in [0.717, 1.165) is 12.8 Å². The van der Waals surface area contributed by atoms with Crippen LogP contribution in [0.1, 0.15) is 21.5 Å². The van der Waals surface area contributed by atoms with E-state index in [9.17, 15) is 41.0 Å². The van der Waals surface area contributed by atoms with Crippen LogP contribution in [0.3, 0.4) is 0 Å². The Labute approximate surface area is 250 Å². The fourth-order valence-corrected chi connectivity index (χ4v) is 3.98. The quantitative estimate of drug-likeness (QED) is 0.206. The molecule has 45 heavy (non-hydrogen) atoms. The van der Waals surface area contributed by atoms with Crippen LogP contribution in [-0.2, 0) is 22.4 Å². The number of aliphatic hydroxyl groups excluding tert-OH is 1. The number of rotatable bonds is 8. The van der Waals surface area contributed by atoms with Gasteiger partial charge in [0, 0.05) is 44.0 Å². The Morgan fingerprint density at radius 1 is 0.867 bits per heavy atom. The second-order valence-electron chi connectivity index (χ2n) is 9.71. The predicted molar refractivity (Wildman–Crippen MR) is 143 cm³/mol. The number of anilines is 1. The third-order valence-corrected chi connectivity index (χ3v) is 6.20. The number of hydrogen-bond donors (Lipinski definition) is 7. The molecule has 1 aromatic heterocycles. The van der Waals surface area contributed by atoms with Crippen LogP contribution in [0.4, 0.5) is 37.0 Å². The van der Waals surface area contributed by atoms with E-state index < -0.39 is 36.5 Å². The SMILES string of the molecule is O=C(NCC(O)CNC1Cc2ccccc2C1)c1ccnc(NC2CN(C(=O)O)C2)c1.O=C(O)C(F)(F)F.O=C(O)C(F)(F)F. The third kappa shape index (κ3) is 12.5. The van der Waals surface area contributed by atoms with Crippen molar-refractivity contribution in [2.24, 2.45) is 0 Å². The number of nitrogens with zero attached hydrogens (tertiary/aromatic N) is 2. The molecule has 0 bridgehead atoms. The van der Waals surface area contributed by atoms with Crippen LogP contribution in [0.2, 0.25) is 0 Å². The van der Waals surface area contributed by atoms with Gasteiger partial charge in [-0.15, -0.1) is 0 Å². The van der Waals surface area contributed by atoms with E-state index in [1.807, 2.05) is 12.1 Å². The monoisotopic (exact) mass is 653 g/mol. The second kappa shape index (κ2) is 15.9. The molecule has 1 saturated heterocycles. The standard InChI is InChI=1S/C22H27N5O4.2C2HF3O2/c28-19(10-24-17-7-14-3-1-2-4-15(14)8-17)11-25-21(29)16-5-6-23-20(9-16)26-18-12-27(13-18)22(30)31;2*3-2(4,5)1(6)7/h1-6,9,17-19,24,28H,7-8,10-13H2,(H,23,26)(H,25,29)(H,30,31);2*(H,6,7). The van der Waals surface area contributed by atoms with E-state index >= 15 is 0 Å². The van der Waals surface area contributed by atoms with Crippen molar-refractivity contribution in [3.8, 4) is 0 Å². The highest BCUT2D eigenvalue weighted by atomic mass is 19.4.